The van der Waals surface area contributed by atoms with Gasteiger partial charge in [0.15, 0.2) is 0 Å². The van der Waals surface area contributed by atoms with E-state index in [4.69, 9.17) is 4.74 Å². The Kier molecular flexibility index (Phi) is 3.88. The zero-order valence-electron chi connectivity index (χ0n) is 8.65. The predicted octanol–water partition coefficient (Wildman–Crippen LogP) is -0.676. The zero-order valence-corrected chi connectivity index (χ0v) is 8.65. The molecule has 0 unspecified atom stereocenters. The number of piperazine rings is 1. The third-order valence-corrected chi connectivity index (χ3v) is 2.33. The molecule has 0 radical (unpaired) electrons. The number of hydrogen-bond acceptors (Lipinski definition) is 3. The Hall–Kier alpha value is -1.10. The fourth-order valence-corrected chi connectivity index (χ4v) is 1.42. The van der Waals surface area contributed by atoms with Crippen LogP contribution in [0.5, 0.6) is 0 Å². The van der Waals surface area contributed by atoms with Crippen molar-refractivity contribution in [2.75, 3.05) is 39.9 Å². The highest BCUT2D eigenvalue weighted by atomic mass is 16.5. The van der Waals surface area contributed by atoms with Gasteiger partial charge in [0, 0.05) is 33.7 Å². The molecule has 1 saturated heterocycles. The molecule has 0 aromatic carbocycles. The molecule has 0 aliphatic carbocycles. The quantitative estimate of drug-likeness (QED) is 0.606. The monoisotopic (exact) mass is 200 g/mol. The van der Waals surface area contributed by atoms with Gasteiger partial charge in [0.05, 0.1) is 13.2 Å². The van der Waals surface area contributed by atoms with Crippen LogP contribution < -0.4 is 0 Å². The summed E-state index contributed by atoms with van der Waals surface area (Å²) in [6.45, 7) is 4.09. The first-order chi connectivity index (χ1) is 6.65. The molecule has 0 spiro atoms. The van der Waals surface area contributed by atoms with Crippen LogP contribution in [-0.4, -0.2) is 61.5 Å². The first kappa shape index (κ1) is 11.0. The minimum Gasteiger partial charge on any atom is -0.383 e. The molecule has 1 heterocycles. The molecule has 1 aliphatic heterocycles. The van der Waals surface area contributed by atoms with Crippen molar-refractivity contribution in [1.82, 2.24) is 9.80 Å². The number of rotatable bonds is 3. The zero-order chi connectivity index (χ0) is 10.6. The maximum atomic E-state index is 11.5. The van der Waals surface area contributed by atoms with E-state index in [1.54, 1.807) is 16.9 Å². The molecular weight excluding hydrogens is 184 g/mol. The summed E-state index contributed by atoms with van der Waals surface area (Å²) in [5.74, 6) is -0.0340. The van der Waals surface area contributed by atoms with Crippen molar-refractivity contribution in [3.63, 3.8) is 0 Å². The van der Waals surface area contributed by atoms with E-state index in [0.717, 1.165) is 0 Å². The van der Waals surface area contributed by atoms with Gasteiger partial charge >= 0.3 is 0 Å². The molecule has 2 amide bonds. The van der Waals surface area contributed by atoms with Gasteiger partial charge in [0.25, 0.3) is 0 Å². The van der Waals surface area contributed by atoms with Crippen molar-refractivity contribution in [2.24, 2.45) is 0 Å². The lowest BCUT2D eigenvalue weighted by Crippen LogP contribution is -2.52. The summed E-state index contributed by atoms with van der Waals surface area (Å²) in [4.78, 5) is 25.8. The van der Waals surface area contributed by atoms with Gasteiger partial charge in [0.2, 0.25) is 11.8 Å². The lowest BCUT2D eigenvalue weighted by atomic mass is 10.3. The van der Waals surface area contributed by atoms with Crippen LogP contribution in [0.2, 0.25) is 0 Å². The normalized spacial score (nSPS) is 17.4. The van der Waals surface area contributed by atoms with Gasteiger partial charge in [-0.05, 0) is 0 Å². The molecular formula is C9H16N2O3. The number of hydrogen-bond donors (Lipinski definition) is 0. The van der Waals surface area contributed by atoms with Crippen LogP contribution >= 0.6 is 0 Å². The molecule has 0 aromatic heterocycles. The molecule has 80 valence electrons. The minimum atomic E-state index is -0.0373. The van der Waals surface area contributed by atoms with Crippen LogP contribution in [0.15, 0.2) is 0 Å². The molecule has 5 nitrogen and oxygen atoms in total. The van der Waals surface area contributed by atoms with Gasteiger partial charge in [-0.1, -0.05) is 0 Å². The van der Waals surface area contributed by atoms with E-state index in [2.05, 4.69) is 0 Å². The van der Waals surface area contributed by atoms with Crippen molar-refractivity contribution in [3.05, 3.63) is 0 Å². The largest absolute Gasteiger partial charge is 0.383 e. The number of amides is 2. The third-order valence-electron chi connectivity index (χ3n) is 2.33. The summed E-state index contributed by atoms with van der Waals surface area (Å²) < 4.78 is 4.89. The van der Waals surface area contributed by atoms with Crippen molar-refractivity contribution >= 4 is 11.8 Å². The van der Waals surface area contributed by atoms with E-state index in [1.807, 2.05) is 0 Å². The number of methoxy groups -OCH3 is 1. The van der Waals surface area contributed by atoms with Crippen molar-refractivity contribution in [3.8, 4) is 0 Å². The Balaban J connectivity index is 2.40. The molecule has 1 rings (SSSR count). The van der Waals surface area contributed by atoms with Gasteiger partial charge in [0.1, 0.15) is 0 Å². The van der Waals surface area contributed by atoms with E-state index in [1.165, 1.54) is 6.92 Å². The first-order valence-corrected chi connectivity index (χ1v) is 4.67. The van der Waals surface area contributed by atoms with E-state index in [0.29, 0.717) is 26.2 Å². The van der Waals surface area contributed by atoms with Gasteiger partial charge in [-0.15, -0.1) is 0 Å². The fourth-order valence-electron chi connectivity index (χ4n) is 1.42. The predicted molar refractivity (Wildman–Crippen MR) is 50.7 cm³/mol. The fraction of sp³-hybridized carbons (Fsp3) is 0.778. The van der Waals surface area contributed by atoms with Crippen LogP contribution in [0.1, 0.15) is 6.92 Å². The van der Waals surface area contributed by atoms with Crippen LogP contribution in [0.25, 0.3) is 0 Å². The molecule has 0 N–H and O–H groups in total. The number of nitrogens with zero attached hydrogens (tertiary/aromatic N) is 2. The molecule has 0 bridgehead atoms. The Labute approximate surface area is 83.6 Å². The van der Waals surface area contributed by atoms with Crippen molar-refractivity contribution in [2.45, 2.75) is 6.92 Å². The van der Waals surface area contributed by atoms with E-state index < -0.39 is 0 Å². The van der Waals surface area contributed by atoms with Gasteiger partial charge < -0.3 is 14.5 Å². The molecule has 1 fully saturated rings. The van der Waals surface area contributed by atoms with Crippen LogP contribution in [0, 0.1) is 0 Å². The summed E-state index contributed by atoms with van der Waals surface area (Å²) in [5, 5.41) is 0. The topological polar surface area (TPSA) is 49.9 Å². The number of carbonyl (C=O) groups is 2. The highest BCUT2D eigenvalue weighted by Gasteiger charge is 2.24. The summed E-state index contributed by atoms with van der Waals surface area (Å²) in [6.07, 6.45) is 0. The summed E-state index contributed by atoms with van der Waals surface area (Å²) in [7, 11) is 1.61. The lowest BCUT2D eigenvalue weighted by molar-refractivity contribution is -0.144. The molecule has 0 atom stereocenters. The molecule has 14 heavy (non-hydrogen) atoms. The Morgan fingerprint density at radius 2 is 2.21 bits per heavy atom. The second-order valence-corrected chi connectivity index (χ2v) is 3.31. The standard InChI is InChI=1S/C9H16N2O3/c1-8(12)11-4-3-10(5-6-14-2)9(13)7-11/h3-7H2,1-2H3. The lowest BCUT2D eigenvalue weighted by Gasteiger charge is -2.33. The average molecular weight is 200 g/mol. The maximum absolute atomic E-state index is 11.5. The van der Waals surface area contributed by atoms with Crippen molar-refractivity contribution < 1.29 is 14.3 Å². The van der Waals surface area contributed by atoms with Crippen molar-refractivity contribution in [1.29, 1.82) is 0 Å². The van der Waals surface area contributed by atoms with E-state index in [9.17, 15) is 9.59 Å². The number of ether oxygens (including phenoxy) is 1. The Morgan fingerprint density at radius 1 is 1.50 bits per heavy atom. The van der Waals surface area contributed by atoms with E-state index in [-0.39, 0.29) is 18.4 Å². The second-order valence-electron chi connectivity index (χ2n) is 3.31. The summed E-state index contributed by atoms with van der Waals surface area (Å²) >= 11 is 0. The Bertz CT molecular complexity index is 230. The number of carbonyl (C=O) groups excluding carboxylic acids is 2. The maximum Gasteiger partial charge on any atom is 0.242 e. The SMILES string of the molecule is COCCN1CCN(C(C)=O)CC1=O. The van der Waals surface area contributed by atoms with Crippen LogP contribution in [0.4, 0.5) is 0 Å². The van der Waals surface area contributed by atoms with Gasteiger partial charge in [-0.2, -0.15) is 0 Å². The van der Waals surface area contributed by atoms with Gasteiger partial charge in [-0.25, -0.2) is 0 Å². The minimum absolute atomic E-state index is 0.00324. The highest BCUT2D eigenvalue weighted by Crippen LogP contribution is 2.02. The van der Waals surface area contributed by atoms with E-state index >= 15 is 0 Å². The molecule has 0 saturated carbocycles. The highest BCUT2D eigenvalue weighted by molar-refractivity contribution is 5.85. The average Bonchev–Trinajstić information content (AvgIpc) is 2.15. The Morgan fingerprint density at radius 3 is 2.71 bits per heavy atom. The van der Waals surface area contributed by atoms with Gasteiger partial charge in [-0.3, -0.25) is 9.59 Å². The first-order valence-electron chi connectivity index (χ1n) is 4.67. The van der Waals surface area contributed by atoms with Crippen LogP contribution in [0.3, 0.4) is 0 Å². The summed E-state index contributed by atoms with van der Waals surface area (Å²) in [6, 6.07) is 0. The second kappa shape index (κ2) is 4.95. The summed E-state index contributed by atoms with van der Waals surface area (Å²) in [5.41, 5.74) is 0. The van der Waals surface area contributed by atoms with Crippen LogP contribution in [-0.2, 0) is 14.3 Å². The third kappa shape index (κ3) is 2.70. The molecule has 1 aliphatic rings. The smallest absolute Gasteiger partial charge is 0.242 e. The molecule has 0 aromatic rings. The molecule has 5 heteroatoms.